The highest BCUT2D eigenvalue weighted by atomic mass is 32.2. The van der Waals surface area contributed by atoms with Gasteiger partial charge in [-0.1, -0.05) is 53.9 Å². The van der Waals surface area contributed by atoms with E-state index in [1.807, 2.05) is 0 Å². The largest absolute Gasteiger partial charge is 0.344 e. The molecule has 0 radical (unpaired) electrons. The second kappa shape index (κ2) is 16.4. The molecule has 12 nitrogen and oxygen atoms in total. The number of Topliss-reactive ketones (excluding diaryl/α,β-unsaturated/α-hetero) is 2. The summed E-state index contributed by atoms with van der Waals surface area (Å²) in [5, 5.41) is 4.83. The topological polar surface area (TPSA) is 184 Å². The summed E-state index contributed by atoms with van der Waals surface area (Å²) in [6.07, 6.45) is 5.56. The van der Waals surface area contributed by atoms with Crippen molar-refractivity contribution in [3.63, 3.8) is 0 Å². The number of carbonyl (C=O) groups excluding carboxylic acids is 6. The summed E-state index contributed by atoms with van der Waals surface area (Å²) in [4.78, 5) is 74.7. The van der Waals surface area contributed by atoms with Crippen LogP contribution in [-0.4, -0.2) is 77.4 Å². The SMILES string of the molecule is CC(C)C(=O)[C@H](C)CC(=O)[C@@H](NC(=O)[C@H](CS(=O)(=O)O)NC(=O)CCCCCCCN1C(=O)C=CC1=O)C(C)C. The molecule has 40 heavy (non-hydrogen) atoms. The Morgan fingerprint density at radius 1 is 0.875 bits per heavy atom. The summed E-state index contributed by atoms with van der Waals surface area (Å²) in [5.41, 5.74) is 0. The average molecular weight is 586 g/mol. The zero-order valence-electron chi connectivity index (χ0n) is 24.0. The Morgan fingerprint density at radius 2 is 1.43 bits per heavy atom. The van der Waals surface area contributed by atoms with Crippen LogP contribution in [0, 0.1) is 17.8 Å². The van der Waals surface area contributed by atoms with Crippen molar-refractivity contribution in [1.82, 2.24) is 15.5 Å². The van der Waals surface area contributed by atoms with Crippen molar-refractivity contribution in [2.24, 2.45) is 17.8 Å². The number of nitrogens with one attached hydrogen (secondary N) is 2. The molecule has 0 aromatic rings. The standard InChI is InChI=1S/C27H43N3O9S/c1-17(2)25(21(31)15-19(5)26(35)18(3)4)29-27(36)20(16-40(37,38)39)28-22(32)11-9-7-6-8-10-14-30-23(33)12-13-24(30)34/h12-13,17-20,25H,6-11,14-16H2,1-5H3,(H,28,32)(H,29,36)(H,37,38,39)/t19-,20+,25+/m1/s1. The van der Waals surface area contributed by atoms with Gasteiger partial charge in [-0.3, -0.25) is 38.2 Å². The van der Waals surface area contributed by atoms with Crippen molar-refractivity contribution in [2.45, 2.75) is 91.6 Å². The van der Waals surface area contributed by atoms with Crippen LogP contribution < -0.4 is 10.6 Å². The predicted molar refractivity (Wildman–Crippen MR) is 147 cm³/mol. The van der Waals surface area contributed by atoms with Crippen LogP contribution in [0.15, 0.2) is 12.2 Å². The van der Waals surface area contributed by atoms with Crippen LogP contribution in [-0.2, 0) is 38.9 Å². The molecular weight excluding hydrogens is 542 g/mol. The van der Waals surface area contributed by atoms with Crippen LogP contribution in [0.5, 0.6) is 0 Å². The summed E-state index contributed by atoms with van der Waals surface area (Å²) >= 11 is 0. The van der Waals surface area contributed by atoms with Gasteiger partial charge in [0.15, 0.2) is 5.78 Å². The first-order chi connectivity index (χ1) is 18.5. The molecule has 3 N–H and O–H groups in total. The van der Waals surface area contributed by atoms with E-state index < -0.39 is 51.5 Å². The fourth-order valence-electron chi connectivity index (χ4n) is 4.37. The Balaban J connectivity index is 2.61. The molecule has 1 aliphatic rings. The highest BCUT2D eigenvalue weighted by molar-refractivity contribution is 7.85. The van der Waals surface area contributed by atoms with E-state index in [0.29, 0.717) is 25.8 Å². The van der Waals surface area contributed by atoms with Crippen molar-refractivity contribution >= 4 is 45.3 Å². The summed E-state index contributed by atoms with van der Waals surface area (Å²) < 4.78 is 32.4. The molecule has 0 unspecified atom stereocenters. The van der Waals surface area contributed by atoms with Crippen molar-refractivity contribution in [3.05, 3.63) is 12.2 Å². The summed E-state index contributed by atoms with van der Waals surface area (Å²) in [7, 11) is -4.64. The van der Waals surface area contributed by atoms with Gasteiger partial charge in [-0.25, -0.2) is 0 Å². The van der Waals surface area contributed by atoms with Gasteiger partial charge in [-0.15, -0.1) is 0 Å². The molecule has 1 aliphatic heterocycles. The Kier molecular flexibility index (Phi) is 14.4. The van der Waals surface area contributed by atoms with Gasteiger partial charge >= 0.3 is 0 Å². The molecule has 0 aromatic heterocycles. The number of hydrogen-bond donors (Lipinski definition) is 3. The minimum Gasteiger partial charge on any atom is -0.344 e. The Morgan fingerprint density at radius 3 is 1.95 bits per heavy atom. The highest BCUT2D eigenvalue weighted by Crippen LogP contribution is 2.15. The van der Waals surface area contributed by atoms with Gasteiger partial charge < -0.3 is 10.6 Å². The molecule has 0 aromatic carbocycles. The minimum atomic E-state index is -4.64. The van der Waals surface area contributed by atoms with Gasteiger partial charge in [0.05, 0.1) is 6.04 Å². The van der Waals surface area contributed by atoms with Gasteiger partial charge in [0.2, 0.25) is 11.8 Å². The molecule has 0 spiro atoms. The number of unbranched alkanes of at least 4 members (excludes halogenated alkanes) is 4. The third-order valence-electron chi connectivity index (χ3n) is 6.59. The van der Waals surface area contributed by atoms with Crippen LogP contribution in [0.3, 0.4) is 0 Å². The van der Waals surface area contributed by atoms with Crippen LogP contribution >= 0.6 is 0 Å². The first-order valence-electron chi connectivity index (χ1n) is 13.7. The number of hydrogen-bond acceptors (Lipinski definition) is 8. The van der Waals surface area contributed by atoms with Crippen LogP contribution in [0.4, 0.5) is 0 Å². The van der Waals surface area contributed by atoms with Gasteiger partial charge in [0.1, 0.15) is 17.6 Å². The summed E-state index contributed by atoms with van der Waals surface area (Å²) in [6, 6.07) is -2.63. The molecule has 0 aliphatic carbocycles. The number of nitrogens with zero attached hydrogens (tertiary/aromatic N) is 1. The second-order valence-corrected chi connectivity index (χ2v) is 12.4. The number of amides is 4. The maximum atomic E-state index is 12.9. The van der Waals surface area contributed by atoms with Gasteiger partial charge in [-0.05, 0) is 18.8 Å². The van der Waals surface area contributed by atoms with Crippen molar-refractivity contribution in [3.8, 4) is 0 Å². The quantitative estimate of drug-likeness (QED) is 0.115. The number of carbonyl (C=O) groups is 6. The first kappa shape index (κ1) is 35.1. The van der Waals surface area contributed by atoms with Crippen molar-refractivity contribution < 1.29 is 41.7 Å². The molecule has 0 saturated heterocycles. The number of rotatable bonds is 19. The van der Waals surface area contributed by atoms with Crippen LogP contribution in [0.2, 0.25) is 0 Å². The number of ketones is 2. The van der Waals surface area contributed by atoms with E-state index in [1.165, 1.54) is 12.2 Å². The van der Waals surface area contributed by atoms with Crippen LogP contribution in [0.25, 0.3) is 0 Å². The maximum Gasteiger partial charge on any atom is 0.267 e. The van der Waals surface area contributed by atoms with E-state index in [-0.39, 0.29) is 42.3 Å². The molecule has 3 atom stereocenters. The average Bonchev–Trinajstić information content (AvgIpc) is 3.16. The van der Waals surface area contributed by atoms with Gasteiger partial charge in [-0.2, -0.15) is 8.42 Å². The maximum absolute atomic E-state index is 12.9. The van der Waals surface area contributed by atoms with Crippen molar-refractivity contribution in [2.75, 3.05) is 12.3 Å². The van der Waals surface area contributed by atoms with Gasteiger partial charge in [0, 0.05) is 43.4 Å². The molecular formula is C27H43N3O9S. The third-order valence-corrected chi connectivity index (χ3v) is 7.34. The Labute approximate surface area is 236 Å². The molecule has 4 amide bonds. The van der Waals surface area contributed by atoms with E-state index in [4.69, 9.17) is 0 Å². The number of imide groups is 1. The predicted octanol–water partition coefficient (Wildman–Crippen LogP) is 1.59. The molecule has 0 saturated carbocycles. The fourth-order valence-corrected chi connectivity index (χ4v) is 5.02. The lowest BCUT2D eigenvalue weighted by atomic mass is 9.88. The zero-order chi connectivity index (χ0) is 30.6. The third kappa shape index (κ3) is 12.5. The van der Waals surface area contributed by atoms with Crippen LogP contribution in [0.1, 0.15) is 79.6 Å². The molecule has 0 bridgehead atoms. The van der Waals surface area contributed by atoms with Gasteiger partial charge in [0.25, 0.3) is 21.9 Å². The van der Waals surface area contributed by atoms with E-state index >= 15 is 0 Å². The van der Waals surface area contributed by atoms with E-state index in [2.05, 4.69) is 10.6 Å². The van der Waals surface area contributed by atoms with E-state index in [0.717, 1.165) is 17.7 Å². The minimum absolute atomic E-state index is 0.00361. The smallest absolute Gasteiger partial charge is 0.267 e. The summed E-state index contributed by atoms with van der Waals surface area (Å²) in [5.74, 6) is -4.91. The first-order valence-corrected chi connectivity index (χ1v) is 15.3. The second-order valence-electron chi connectivity index (χ2n) is 10.9. The molecule has 1 heterocycles. The normalized spacial score (nSPS) is 15.8. The Hall–Kier alpha value is -2.93. The van der Waals surface area contributed by atoms with Crippen molar-refractivity contribution in [1.29, 1.82) is 0 Å². The lowest BCUT2D eigenvalue weighted by Gasteiger charge is -2.25. The molecule has 226 valence electrons. The zero-order valence-corrected chi connectivity index (χ0v) is 24.8. The lowest BCUT2D eigenvalue weighted by Crippen LogP contribution is -2.55. The highest BCUT2D eigenvalue weighted by Gasteiger charge is 2.32. The molecule has 0 fully saturated rings. The fraction of sp³-hybridized carbons (Fsp3) is 0.704. The molecule has 13 heteroatoms. The lowest BCUT2D eigenvalue weighted by molar-refractivity contribution is -0.137. The monoisotopic (exact) mass is 585 g/mol. The molecule has 1 rings (SSSR count). The summed E-state index contributed by atoms with van der Waals surface area (Å²) in [6.45, 7) is 8.79. The van der Waals surface area contributed by atoms with E-state index in [9.17, 15) is 41.7 Å². The van der Waals surface area contributed by atoms with E-state index in [1.54, 1.807) is 34.6 Å². The Bertz CT molecular complexity index is 1060.